The lowest BCUT2D eigenvalue weighted by atomic mass is 10.1. The Morgan fingerprint density at radius 1 is 1.62 bits per heavy atom. The second-order valence-electron chi connectivity index (χ2n) is 3.31. The predicted molar refractivity (Wildman–Crippen MR) is 50.5 cm³/mol. The van der Waals surface area contributed by atoms with Gasteiger partial charge in [0.05, 0.1) is 13.2 Å². The normalized spacial score (nSPS) is 21.8. The number of likely N-dealkylation sites (N-methyl/N-ethyl adjacent to an activating group) is 1. The number of carbonyl (C=O) groups excluding carboxylic acids is 1. The fourth-order valence-electron chi connectivity index (χ4n) is 1.39. The molecule has 0 radical (unpaired) electrons. The van der Waals surface area contributed by atoms with Crippen molar-refractivity contribution in [1.29, 1.82) is 0 Å². The van der Waals surface area contributed by atoms with Gasteiger partial charge in [-0.1, -0.05) is 0 Å². The Morgan fingerprint density at radius 3 is 3.08 bits per heavy atom. The first-order valence-corrected chi connectivity index (χ1v) is 4.88. The molecule has 1 amide bonds. The van der Waals surface area contributed by atoms with Gasteiger partial charge in [0, 0.05) is 19.7 Å². The highest BCUT2D eigenvalue weighted by atomic mass is 16.5. The van der Waals surface area contributed by atoms with Crippen molar-refractivity contribution in [3.05, 3.63) is 0 Å². The van der Waals surface area contributed by atoms with Crippen LogP contribution in [-0.4, -0.2) is 38.8 Å². The molecule has 1 heterocycles. The summed E-state index contributed by atoms with van der Waals surface area (Å²) in [6, 6.07) is 0. The van der Waals surface area contributed by atoms with Gasteiger partial charge in [-0.2, -0.15) is 0 Å². The molecular weight excluding hydrogens is 168 g/mol. The van der Waals surface area contributed by atoms with Gasteiger partial charge in [0.1, 0.15) is 0 Å². The summed E-state index contributed by atoms with van der Waals surface area (Å²) < 4.78 is 5.22. The third kappa shape index (κ3) is 4.24. The summed E-state index contributed by atoms with van der Waals surface area (Å²) in [6.45, 7) is 5.63. The summed E-state index contributed by atoms with van der Waals surface area (Å²) in [5.74, 6) is 0.663. The standard InChI is InChI=1S/C9H18N2O2/c1-2-11-9(12)6-10-5-8-3-4-13-7-8/h8,10H,2-7H2,1H3,(H,11,12). The maximum Gasteiger partial charge on any atom is 0.233 e. The third-order valence-corrected chi connectivity index (χ3v) is 2.12. The van der Waals surface area contributed by atoms with Crippen LogP contribution in [0, 0.1) is 5.92 Å². The zero-order valence-corrected chi connectivity index (χ0v) is 8.14. The molecule has 1 atom stereocenters. The molecule has 4 nitrogen and oxygen atoms in total. The molecule has 0 saturated carbocycles. The van der Waals surface area contributed by atoms with Gasteiger partial charge in [-0.15, -0.1) is 0 Å². The van der Waals surface area contributed by atoms with Crippen molar-refractivity contribution in [2.24, 2.45) is 5.92 Å². The highest BCUT2D eigenvalue weighted by Crippen LogP contribution is 2.10. The number of hydrogen-bond acceptors (Lipinski definition) is 3. The summed E-state index contributed by atoms with van der Waals surface area (Å²) in [7, 11) is 0. The van der Waals surface area contributed by atoms with E-state index in [9.17, 15) is 4.79 Å². The zero-order valence-electron chi connectivity index (χ0n) is 8.14. The predicted octanol–water partition coefficient (Wildman–Crippen LogP) is -0.251. The maximum absolute atomic E-state index is 11.0. The molecular formula is C9H18N2O2. The van der Waals surface area contributed by atoms with E-state index in [1.165, 1.54) is 0 Å². The average molecular weight is 186 g/mol. The Balaban J connectivity index is 1.96. The minimum atomic E-state index is 0.0708. The van der Waals surface area contributed by atoms with E-state index in [1.807, 2.05) is 6.92 Å². The summed E-state index contributed by atoms with van der Waals surface area (Å²) in [4.78, 5) is 11.0. The molecule has 1 saturated heterocycles. The molecule has 2 N–H and O–H groups in total. The molecule has 76 valence electrons. The Morgan fingerprint density at radius 2 is 2.46 bits per heavy atom. The van der Waals surface area contributed by atoms with Crippen LogP contribution in [0.2, 0.25) is 0 Å². The van der Waals surface area contributed by atoms with Gasteiger partial charge in [-0.25, -0.2) is 0 Å². The molecule has 0 bridgehead atoms. The zero-order chi connectivity index (χ0) is 9.52. The van der Waals surface area contributed by atoms with Crippen LogP contribution in [-0.2, 0) is 9.53 Å². The van der Waals surface area contributed by atoms with Crippen molar-refractivity contribution in [2.45, 2.75) is 13.3 Å². The van der Waals surface area contributed by atoms with E-state index in [0.717, 1.165) is 26.2 Å². The summed E-state index contributed by atoms with van der Waals surface area (Å²) in [5, 5.41) is 5.86. The average Bonchev–Trinajstić information content (AvgIpc) is 2.57. The van der Waals surface area contributed by atoms with Crippen LogP contribution in [0.5, 0.6) is 0 Å². The lowest BCUT2D eigenvalue weighted by molar-refractivity contribution is -0.120. The van der Waals surface area contributed by atoms with Crippen LogP contribution in [0.4, 0.5) is 0 Å². The quantitative estimate of drug-likeness (QED) is 0.622. The van der Waals surface area contributed by atoms with E-state index in [4.69, 9.17) is 4.74 Å². The summed E-state index contributed by atoms with van der Waals surface area (Å²) in [6.07, 6.45) is 1.11. The van der Waals surface area contributed by atoms with Crippen LogP contribution in [0.25, 0.3) is 0 Å². The van der Waals surface area contributed by atoms with Crippen molar-refractivity contribution in [2.75, 3.05) is 32.8 Å². The molecule has 0 aromatic rings. The first-order chi connectivity index (χ1) is 6.33. The fourth-order valence-corrected chi connectivity index (χ4v) is 1.39. The van der Waals surface area contributed by atoms with E-state index in [0.29, 0.717) is 19.0 Å². The fraction of sp³-hybridized carbons (Fsp3) is 0.889. The molecule has 1 aliphatic rings. The number of nitrogens with one attached hydrogen (secondary N) is 2. The Kier molecular flexibility index (Phi) is 4.78. The second-order valence-corrected chi connectivity index (χ2v) is 3.31. The van der Waals surface area contributed by atoms with Crippen molar-refractivity contribution >= 4 is 5.91 Å². The number of hydrogen-bond donors (Lipinski definition) is 2. The molecule has 1 aliphatic heterocycles. The van der Waals surface area contributed by atoms with Crippen molar-refractivity contribution in [3.8, 4) is 0 Å². The van der Waals surface area contributed by atoms with Gasteiger partial charge in [0.25, 0.3) is 0 Å². The number of ether oxygens (including phenoxy) is 1. The second kappa shape index (κ2) is 5.94. The largest absolute Gasteiger partial charge is 0.381 e. The minimum Gasteiger partial charge on any atom is -0.381 e. The molecule has 1 fully saturated rings. The molecule has 0 aromatic heterocycles. The minimum absolute atomic E-state index is 0.0708. The third-order valence-electron chi connectivity index (χ3n) is 2.12. The van der Waals surface area contributed by atoms with E-state index < -0.39 is 0 Å². The first kappa shape index (κ1) is 10.5. The smallest absolute Gasteiger partial charge is 0.233 e. The maximum atomic E-state index is 11.0. The highest BCUT2D eigenvalue weighted by molar-refractivity contribution is 5.77. The van der Waals surface area contributed by atoms with Gasteiger partial charge >= 0.3 is 0 Å². The Hall–Kier alpha value is -0.610. The van der Waals surface area contributed by atoms with Crippen LogP contribution >= 0.6 is 0 Å². The van der Waals surface area contributed by atoms with Gasteiger partial charge < -0.3 is 15.4 Å². The van der Waals surface area contributed by atoms with Crippen LogP contribution in [0.15, 0.2) is 0 Å². The first-order valence-electron chi connectivity index (χ1n) is 4.88. The molecule has 0 aliphatic carbocycles. The Labute approximate surface area is 79.0 Å². The van der Waals surface area contributed by atoms with Crippen molar-refractivity contribution in [1.82, 2.24) is 10.6 Å². The van der Waals surface area contributed by atoms with Crippen LogP contribution in [0.3, 0.4) is 0 Å². The number of carbonyl (C=O) groups is 1. The molecule has 1 unspecified atom stereocenters. The van der Waals surface area contributed by atoms with Gasteiger partial charge in [-0.3, -0.25) is 4.79 Å². The van der Waals surface area contributed by atoms with Crippen molar-refractivity contribution in [3.63, 3.8) is 0 Å². The van der Waals surface area contributed by atoms with Crippen LogP contribution < -0.4 is 10.6 Å². The highest BCUT2D eigenvalue weighted by Gasteiger charge is 2.14. The molecule has 0 spiro atoms. The number of amides is 1. The van der Waals surface area contributed by atoms with Gasteiger partial charge in [-0.05, 0) is 19.3 Å². The van der Waals surface area contributed by atoms with Gasteiger partial charge in [0.2, 0.25) is 5.91 Å². The lowest BCUT2D eigenvalue weighted by Gasteiger charge is -2.08. The topological polar surface area (TPSA) is 50.4 Å². The molecule has 0 aromatic carbocycles. The Bertz CT molecular complexity index is 156. The summed E-state index contributed by atoms with van der Waals surface area (Å²) in [5.41, 5.74) is 0. The molecule has 1 rings (SSSR count). The van der Waals surface area contributed by atoms with E-state index in [1.54, 1.807) is 0 Å². The van der Waals surface area contributed by atoms with Crippen LogP contribution in [0.1, 0.15) is 13.3 Å². The monoisotopic (exact) mass is 186 g/mol. The van der Waals surface area contributed by atoms with E-state index in [-0.39, 0.29) is 5.91 Å². The van der Waals surface area contributed by atoms with Gasteiger partial charge in [0.15, 0.2) is 0 Å². The van der Waals surface area contributed by atoms with Crippen molar-refractivity contribution < 1.29 is 9.53 Å². The molecule has 13 heavy (non-hydrogen) atoms. The lowest BCUT2D eigenvalue weighted by Crippen LogP contribution is -2.35. The molecule has 4 heteroatoms. The summed E-state index contributed by atoms with van der Waals surface area (Å²) >= 11 is 0. The number of rotatable bonds is 5. The van der Waals surface area contributed by atoms with E-state index >= 15 is 0 Å². The SMILES string of the molecule is CCNC(=O)CNCC1CCOC1. The van der Waals surface area contributed by atoms with E-state index in [2.05, 4.69) is 10.6 Å².